The molecule has 0 atom stereocenters. The van der Waals surface area contributed by atoms with Crippen LogP contribution in [0.15, 0.2) is 40.9 Å². The van der Waals surface area contributed by atoms with Crippen LogP contribution in [0.2, 0.25) is 56.5 Å². The summed E-state index contributed by atoms with van der Waals surface area (Å²) >= 11 is 9.04. The summed E-state index contributed by atoms with van der Waals surface area (Å²) in [6.45, 7) is 17.8. The van der Waals surface area contributed by atoms with E-state index in [-0.39, 0.29) is 5.82 Å². The summed E-state index contributed by atoms with van der Waals surface area (Å²) in [5, 5.41) is 21.7. The number of rotatable bonds is 13. The first kappa shape index (κ1) is 40.5. The predicted molar refractivity (Wildman–Crippen MR) is 211 cm³/mol. The fourth-order valence-corrected chi connectivity index (χ4v) is 7.56. The number of nitriles is 2. The highest BCUT2D eigenvalue weighted by atomic mass is 35.5. The van der Waals surface area contributed by atoms with Gasteiger partial charge in [0.25, 0.3) is 0 Å². The molecular weight excluding hydrogens is 739 g/mol. The topological polar surface area (TPSA) is 127 Å². The number of aromatic nitrogens is 6. The minimum absolute atomic E-state index is 0.296. The van der Waals surface area contributed by atoms with E-state index in [4.69, 9.17) is 21.1 Å². The molecule has 0 amide bonds. The van der Waals surface area contributed by atoms with Crippen molar-refractivity contribution in [2.75, 3.05) is 25.7 Å². The molecule has 270 valence electrons. The Bertz CT molecular complexity index is 2100. The molecule has 10 nitrogen and oxygen atoms in total. The zero-order valence-electron chi connectivity index (χ0n) is 30.6. The van der Waals surface area contributed by atoms with E-state index in [1.54, 1.807) is 18.5 Å². The maximum atomic E-state index is 13.6. The molecule has 0 unspecified atom stereocenters. The molecular formula is C35H44ClFN8O2S2Si2. The lowest BCUT2D eigenvalue weighted by Crippen LogP contribution is -2.22. The quantitative estimate of drug-likeness (QED) is 0.0375. The van der Waals surface area contributed by atoms with Crippen molar-refractivity contribution in [1.29, 1.82) is 10.5 Å². The average Bonchev–Trinajstić information content (AvgIpc) is 3.62. The van der Waals surface area contributed by atoms with Crippen molar-refractivity contribution in [3.63, 3.8) is 0 Å². The van der Waals surface area contributed by atoms with Gasteiger partial charge in [-0.05, 0) is 55.3 Å². The van der Waals surface area contributed by atoms with Crippen molar-refractivity contribution in [2.45, 2.75) is 82.1 Å². The molecule has 5 aromatic rings. The number of nitrogens with zero attached hydrogens (tertiary/aromatic N) is 8. The number of benzene rings is 1. The monoisotopic (exact) mass is 782 g/mol. The first-order chi connectivity index (χ1) is 24.1. The van der Waals surface area contributed by atoms with Crippen molar-refractivity contribution in [3.8, 4) is 23.4 Å². The Labute approximate surface area is 314 Å². The van der Waals surface area contributed by atoms with Gasteiger partial charge in [0, 0.05) is 47.3 Å². The van der Waals surface area contributed by atoms with Crippen LogP contribution in [0.1, 0.15) is 16.7 Å². The lowest BCUT2D eigenvalue weighted by Gasteiger charge is -2.15. The van der Waals surface area contributed by atoms with Crippen LogP contribution in [0.4, 0.5) is 4.39 Å². The molecule has 0 aliphatic heterocycles. The fraction of sp³-hybridized carbons (Fsp3) is 0.429. The molecule has 0 aliphatic rings. The first-order valence-corrected chi connectivity index (χ1v) is 26.6. The Morgan fingerprint density at radius 1 is 0.784 bits per heavy atom. The van der Waals surface area contributed by atoms with Crippen LogP contribution in [0, 0.1) is 35.4 Å². The Balaban J connectivity index is 0.000000238. The van der Waals surface area contributed by atoms with Gasteiger partial charge >= 0.3 is 0 Å². The van der Waals surface area contributed by atoms with E-state index in [0.29, 0.717) is 81.0 Å². The molecule has 0 saturated heterocycles. The smallest absolute Gasteiger partial charge is 0.190 e. The Hall–Kier alpha value is -3.29. The van der Waals surface area contributed by atoms with Gasteiger partial charge in [0.2, 0.25) is 0 Å². The number of hydrogen-bond acceptors (Lipinski definition) is 10. The summed E-state index contributed by atoms with van der Waals surface area (Å²) in [6.07, 6.45) is 7.29. The molecule has 0 fully saturated rings. The van der Waals surface area contributed by atoms with Crippen molar-refractivity contribution < 1.29 is 13.9 Å². The number of halogens is 2. The Morgan fingerprint density at radius 2 is 1.27 bits per heavy atom. The third-order valence-corrected chi connectivity index (χ3v) is 12.6. The van der Waals surface area contributed by atoms with Gasteiger partial charge < -0.3 is 18.6 Å². The number of aryl methyl sites for hydroxylation is 1. The van der Waals surface area contributed by atoms with Gasteiger partial charge in [-0.25, -0.2) is 24.3 Å². The second-order valence-electron chi connectivity index (χ2n) is 14.4. The second kappa shape index (κ2) is 17.5. The van der Waals surface area contributed by atoms with Crippen LogP contribution in [-0.4, -0.2) is 70.9 Å². The molecule has 5 rings (SSSR count). The molecule has 16 heteroatoms. The maximum Gasteiger partial charge on any atom is 0.190 e. The molecule has 4 aromatic heterocycles. The second-order valence-corrected chi connectivity index (χ2v) is 27.5. The van der Waals surface area contributed by atoms with Crippen molar-refractivity contribution >= 4 is 73.3 Å². The summed E-state index contributed by atoms with van der Waals surface area (Å²) in [4.78, 5) is 17.9. The van der Waals surface area contributed by atoms with Crippen LogP contribution in [0.5, 0.6) is 0 Å². The molecule has 0 spiro atoms. The fourth-order valence-electron chi connectivity index (χ4n) is 5.01. The van der Waals surface area contributed by atoms with Gasteiger partial charge in [-0.1, -0.05) is 74.4 Å². The van der Waals surface area contributed by atoms with Crippen LogP contribution in [-0.2, 0) is 22.9 Å². The number of hydrogen-bond donors (Lipinski definition) is 0. The summed E-state index contributed by atoms with van der Waals surface area (Å²) in [5.74, 6) is -0.296. The minimum atomic E-state index is -1.18. The normalized spacial score (nSPS) is 11.8. The van der Waals surface area contributed by atoms with E-state index < -0.39 is 16.1 Å². The predicted octanol–water partition coefficient (Wildman–Crippen LogP) is 9.44. The highest BCUT2D eigenvalue weighted by Crippen LogP contribution is 2.34. The lowest BCUT2D eigenvalue weighted by molar-refractivity contribution is 0.0897. The van der Waals surface area contributed by atoms with Crippen LogP contribution >= 0.6 is 35.1 Å². The van der Waals surface area contributed by atoms with E-state index in [1.165, 1.54) is 35.7 Å². The van der Waals surface area contributed by atoms with Gasteiger partial charge in [-0.15, -0.1) is 0 Å². The van der Waals surface area contributed by atoms with E-state index in [2.05, 4.69) is 71.4 Å². The number of ether oxygens (including phenoxy) is 2. The van der Waals surface area contributed by atoms with E-state index in [1.807, 2.05) is 28.6 Å². The summed E-state index contributed by atoms with van der Waals surface area (Å²) in [5.41, 5.74) is 4.47. The molecule has 0 saturated carbocycles. The van der Waals surface area contributed by atoms with E-state index >= 15 is 0 Å². The molecule has 1 aromatic carbocycles. The molecule has 0 aliphatic carbocycles. The molecule has 0 bridgehead atoms. The molecule has 4 heterocycles. The minimum Gasteiger partial charge on any atom is -0.361 e. The van der Waals surface area contributed by atoms with Gasteiger partial charge in [-0.2, -0.15) is 10.5 Å². The Morgan fingerprint density at radius 3 is 1.75 bits per heavy atom. The largest absolute Gasteiger partial charge is 0.361 e. The van der Waals surface area contributed by atoms with Gasteiger partial charge in [0.15, 0.2) is 10.3 Å². The van der Waals surface area contributed by atoms with E-state index in [0.717, 1.165) is 23.2 Å². The SMILES string of the molecule is CSc1nc(-c2ccc(F)cc2C)c2c(C#N)cn(COCC[Si](C)(C)C)c2n1.CSc1nc(Cl)c2c(C#N)cn(COCC[Si](C)(C)C)c2n1. The maximum absolute atomic E-state index is 13.6. The van der Waals surface area contributed by atoms with Crippen molar-refractivity contribution in [1.82, 2.24) is 29.1 Å². The van der Waals surface area contributed by atoms with Crippen LogP contribution < -0.4 is 0 Å². The summed E-state index contributed by atoms with van der Waals surface area (Å²) in [6, 6.07) is 11.2. The Kier molecular flexibility index (Phi) is 13.9. The third kappa shape index (κ3) is 10.6. The molecule has 0 N–H and O–H groups in total. The standard InChI is InChI=1S/C21H25FN4OSSi.C14H19ClN4OSSi/c1-14-10-16(22)6-7-17(14)19-18-15(11-23)12-26(13-27-8-9-29(3,4)5)20(18)25-21(24-19)28-2;1-21-14-17-12(15)11-10(7-16)8-19(13(11)18-14)9-20-5-6-22(2,3)4/h6-7,10,12H,8-9,13H2,1-5H3;8H,5-6,9H2,1-4H3. The van der Waals surface area contributed by atoms with Gasteiger partial charge in [0.05, 0.1) is 27.6 Å². The van der Waals surface area contributed by atoms with Crippen molar-refractivity contribution in [3.05, 3.63) is 58.3 Å². The van der Waals surface area contributed by atoms with Gasteiger partial charge in [0.1, 0.15) is 47.9 Å². The molecule has 0 radical (unpaired) electrons. The van der Waals surface area contributed by atoms with Gasteiger partial charge in [-0.3, -0.25) is 0 Å². The van der Waals surface area contributed by atoms with E-state index in [9.17, 15) is 14.9 Å². The highest BCUT2D eigenvalue weighted by molar-refractivity contribution is 7.98. The highest BCUT2D eigenvalue weighted by Gasteiger charge is 2.21. The number of fused-ring (bicyclic) bond motifs is 2. The first-order valence-electron chi connectivity index (χ1n) is 16.4. The zero-order chi connectivity index (χ0) is 37.5. The zero-order valence-corrected chi connectivity index (χ0v) is 35.0. The number of thioether (sulfide) groups is 2. The molecule has 51 heavy (non-hydrogen) atoms. The lowest BCUT2D eigenvalue weighted by atomic mass is 10.0. The summed E-state index contributed by atoms with van der Waals surface area (Å²) in [7, 11) is -2.29. The van der Waals surface area contributed by atoms with Crippen LogP contribution in [0.25, 0.3) is 33.3 Å². The van der Waals surface area contributed by atoms with Crippen LogP contribution in [0.3, 0.4) is 0 Å². The summed E-state index contributed by atoms with van der Waals surface area (Å²) < 4.78 is 29.0. The average molecular weight is 784 g/mol. The third-order valence-electron chi connectivity index (χ3n) is 7.85. The van der Waals surface area contributed by atoms with Crippen molar-refractivity contribution in [2.24, 2.45) is 0 Å².